The number of aliphatic hydroxyl groups excluding tert-OH is 1. The van der Waals surface area contributed by atoms with Crippen molar-refractivity contribution in [2.24, 2.45) is 0 Å². The monoisotopic (exact) mass is 456 g/mol. The first-order chi connectivity index (χ1) is 14.1. The fraction of sp³-hybridized carbons (Fsp3) is 0.750. The van der Waals surface area contributed by atoms with E-state index in [2.05, 4.69) is 43.6 Å². The van der Waals surface area contributed by atoms with Crippen LogP contribution < -0.4 is 11.2 Å². The number of fused-ring (bicyclic) bond motifs is 1. The van der Waals surface area contributed by atoms with E-state index in [1.165, 1.54) is 0 Å². The predicted octanol–water partition coefficient (Wildman–Crippen LogP) is 1.15. The van der Waals surface area contributed by atoms with Gasteiger partial charge in [0.25, 0.3) is 5.56 Å². The third-order valence-electron chi connectivity index (χ3n) is 6.70. The highest BCUT2D eigenvalue weighted by Crippen LogP contribution is 2.47. The molecule has 0 bridgehead atoms. The molecule has 174 valence electrons. The molecular formula is C20H32N2O8Si. The number of carbonyl (C=O) groups excluding carboxylic acids is 1. The van der Waals surface area contributed by atoms with Crippen LogP contribution in [0, 0.1) is 0 Å². The van der Waals surface area contributed by atoms with Gasteiger partial charge >= 0.3 is 11.7 Å². The lowest BCUT2D eigenvalue weighted by atomic mass is 10.1. The van der Waals surface area contributed by atoms with E-state index >= 15 is 0 Å². The maximum atomic E-state index is 12.6. The van der Waals surface area contributed by atoms with Crippen LogP contribution in [-0.4, -0.2) is 65.6 Å². The van der Waals surface area contributed by atoms with Crippen molar-refractivity contribution in [3.63, 3.8) is 0 Å². The topological polar surface area (TPSA) is 129 Å². The van der Waals surface area contributed by atoms with E-state index in [-0.39, 0.29) is 10.6 Å². The van der Waals surface area contributed by atoms with Gasteiger partial charge in [-0.05, 0) is 18.9 Å². The predicted molar refractivity (Wildman–Crippen MR) is 114 cm³/mol. The Morgan fingerprint density at radius 1 is 1.26 bits per heavy atom. The van der Waals surface area contributed by atoms with Crippen molar-refractivity contribution >= 4 is 14.0 Å². The van der Waals surface area contributed by atoms with E-state index in [4.69, 9.17) is 14.2 Å². The molecule has 1 unspecified atom stereocenters. The molecule has 5 atom stereocenters. The number of esters is 1. The molecule has 0 saturated carbocycles. The van der Waals surface area contributed by atoms with Crippen LogP contribution in [0.4, 0.5) is 0 Å². The normalized spacial score (nSPS) is 28.9. The van der Waals surface area contributed by atoms with Crippen LogP contribution in [-0.2, 0) is 18.9 Å². The second kappa shape index (κ2) is 7.66. The molecule has 31 heavy (non-hydrogen) atoms. The van der Waals surface area contributed by atoms with Gasteiger partial charge in [-0.2, -0.15) is 0 Å². The number of hydrogen-bond donors (Lipinski definition) is 2. The molecule has 2 saturated heterocycles. The summed E-state index contributed by atoms with van der Waals surface area (Å²) in [5.41, 5.74) is -2.78. The largest absolute Gasteiger partial charge is 0.465 e. The third kappa shape index (κ3) is 4.04. The molecule has 3 heterocycles. The fourth-order valence-corrected chi connectivity index (χ4v) is 5.85. The fourth-order valence-electron chi connectivity index (χ4n) is 3.87. The molecule has 10 nitrogen and oxygen atoms in total. The number of ether oxygens (including phenoxy) is 4. The molecule has 0 aliphatic carbocycles. The van der Waals surface area contributed by atoms with Gasteiger partial charge in [0.1, 0.15) is 23.9 Å². The molecule has 2 aliphatic rings. The maximum absolute atomic E-state index is 12.6. The highest BCUT2D eigenvalue weighted by molar-refractivity contribution is 6.81. The first-order valence-corrected chi connectivity index (χ1v) is 13.3. The summed E-state index contributed by atoms with van der Waals surface area (Å²) < 4.78 is 24.0. The van der Waals surface area contributed by atoms with Gasteiger partial charge in [0.05, 0.1) is 20.9 Å². The minimum atomic E-state index is -2.29. The first kappa shape index (κ1) is 23.9. The Morgan fingerprint density at radius 3 is 2.39 bits per heavy atom. The van der Waals surface area contributed by atoms with E-state index in [0.29, 0.717) is 0 Å². The highest BCUT2D eigenvalue weighted by Gasteiger charge is 2.61. The Kier molecular flexibility index (Phi) is 5.90. The molecule has 0 spiro atoms. The number of methoxy groups -OCH3 is 1. The van der Waals surface area contributed by atoms with E-state index < -0.39 is 61.3 Å². The number of hydrogen-bond acceptors (Lipinski definition) is 8. The Morgan fingerprint density at radius 2 is 1.84 bits per heavy atom. The van der Waals surface area contributed by atoms with E-state index in [0.717, 1.165) is 17.9 Å². The zero-order valence-corrected chi connectivity index (χ0v) is 20.2. The number of aromatic amines is 1. The van der Waals surface area contributed by atoms with Crippen LogP contribution in [0.5, 0.6) is 0 Å². The number of rotatable bonds is 4. The minimum absolute atomic E-state index is 0.134. The first-order valence-electron chi connectivity index (χ1n) is 10.2. The second-order valence-electron chi connectivity index (χ2n) is 10.2. The van der Waals surface area contributed by atoms with Crippen LogP contribution in [0.1, 0.15) is 51.2 Å². The van der Waals surface area contributed by atoms with Crippen molar-refractivity contribution < 1.29 is 28.8 Å². The van der Waals surface area contributed by atoms with E-state index in [1.807, 2.05) is 0 Å². The Hall–Kier alpha value is -1.79. The number of H-pyrrole nitrogens is 1. The summed E-state index contributed by atoms with van der Waals surface area (Å²) in [6.07, 6.45) is -2.02. The number of carbonyl (C=O) groups is 1. The van der Waals surface area contributed by atoms with Gasteiger partial charge < -0.3 is 24.1 Å². The maximum Gasteiger partial charge on any atom is 0.345 e. The Labute approximate surface area is 181 Å². The molecule has 3 rings (SSSR count). The molecule has 0 amide bonds. The van der Waals surface area contributed by atoms with Gasteiger partial charge in [-0.3, -0.25) is 14.3 Å². The summed E-state index contributed by atoms with van der Waals surface area (Å²) in [6, 6.07) is 0. The average molecular weight is 457 g/mol. The third-order valence-corrected chi connectivity index (χ3v) is 12.4. The lowest BCUT2D eigenvalue weighted by molar-refractivity contribution is -0.203. The average Bonchev–Trinajstić information content (AvgIpc) is 3.12. The van der Waals surface area contributed by atoms with Crippen LogP contribution in [0.15, 0.2) is 15.8 Å². The quantitative estimate of drug-likeness (QED) is 0.510. The van der Waals surface area contributed by atoms with Crippen LogP contribution in [0.3, 0.4) is 0 Å². The summed E-state index contributed by atoms with van der Waals surface area (Å²) >= 11 is 0. The van der Waals surface area contributed by atoms with Crippen molar-refractivity contribution in [3.05, 3.63) is 32.6 Å². The molecular weight excluding hydrogens is 424 g/mol. The van der Waals surface area contributed by atoms with Crippen molar-refractivity contribution in [1.82, 2.24) is 9.55 Å². The number of nitrogens with zero attached hydrogens (tertiary/aromatic N) is 1. The zero-order valence-electron chi connectivity index (χ0n) is 19.2. The minimum Gasteiger partial charge on any atom is -0.465 e. The summed E-state index contributed by atoms with van der Waals surface area (Å²) in [5, 5.41) is 11.2. The summed E-state index contributed by atoms with van der Waals surface area (Å²) in [7, 11) is -1.15. The van der Waals surface area contributed by atoms with Gasteiger partial charge in [-0.25, -0.2) is 9.59 Å². The molecule has 11 heteroatoms. The lowest BCUT2D eigenvalue weighted by Gasteiger charge is -2.43. The standard InChI is InChI=1S/C20H32N2O8Si/c1-19(2,3)31(7,8)17(25)13-11-12(30-20(4,5)29-11)15(28-13)22-9-10(16(24)27-6)14(23)21-18(22)26/h9,11-13,15,17,25H,1-8H3,(H,21,23,26)/t11-,12+,13-,15+,17?/m0/s1. The van der Waals surface area contributed by atoms with E-state index in [9.17, 15) is 19.5 Å². The molecule has 1 aromatic rings. The second-order valence-corrected chi connectivity index (χ2v) is 15.7. The van der Waals surface area contributed by atoms with Gasteiger partial charge in [-0.15, -0.1) is 0 Å². The van der Waals surface area contributed by atoms with Gasteiger partial charge in [-0.1, -0.05) is 33.9 Å². The van der Waals surface area contributed by atoms with Crippen LogP contribution in [0.25, 0.3) is 0 Å². The molecule has 2 aliphatic heterocycles. The smallest absolute Gasteiger partial charge is 0.345 e. The Bertz CT molecular complexity index is 977. The Balaban J connectivity index is 2.07. The van der Waals surface area contributed by atoms with Gasteiger partial charge in [0.15, 0.2) is 12.0 Å². The molecule has 0 aromatic carbocycles. The molecule has 1 aromatic heterocycles. The summed E-state index contributed by atoms with van der Waals surface area (Å²) in [4.78, 5) is 38.7. The van der Waals surface area contributed by atoms with Gasteiger partial charge in [0.2, 0.25) is 0 Å². The summed E-state index contributed by atoms with van der Waals surface area (Å²) in [5.74, 6) is -1.84. The lowest BCUT2D eigenvalue weighted by Crippen LogP contribution is -2.57. The SMILES string of the molecule is COC(=O)c1cn([C@@H]2O[C@H](C(O)[Si](C)(C)C(C)(C)C)[C@H]3OC(C)(C)O[C@H]32)c(=O)[nH]c1=O. The molecule has 2 N–H and O–H groups in total. The number of aromatic nitrogens is 2. The van der Waals surface area contributed by atoms with Crippen LogP contribution in [0.2, 0.25) is 18.1 Å². The van der Waals surface area contributed by atoms with Crippen molar-refractivity contribution in [2.45, 2.75) is 88.8 Å². The summed E-state index contributed by atoms with van der Waals surface area (Å²) in [6.45, 7) is 13.9. The van der Waals surface area contributed by atoms with Crippen molar-refractivity contribution in [3.8, 4) is 0 Å². The molecule has 2 fully saturated rings. The van der Waals surface area contributed by atoms with Gasteiger partial charge in [0, 0.05) is 6.20 Å². The highest BCUT2D eigenvalue weighted by atomic mass is 28.3. The van der Waals surface area contributed by atoms with Crippen molar-refractivity contribution in [1.29, 1.82) is 0 Å². The van der Waals surface area contributed by atoms with E-state index in [1.54, 1.807) is 13.8 Å². The van der Waals surface area contributed by atoms with Crippen LogP contribution >= 0.6 is 0 Å². The van der Waals surface area contributed by atoms with Crippen molar-refractivity contribution in [2.75, 3.05) is 7.11 Å². The zero-order chi connectivity index (χ0) is 23.5. The molecule has 0 radical (unpaired) electrons. The number of aliphatic hydroxyl groups is 1. The number of nitrogens with one attached hydrogen (secondary N) is 1.